The van der Waals surface area contributed by atoms with Crippen LogP contribution in [0.2, 0.25) is 0 Å². The molecule has 116 valence electrons. The van der Waals surface area contributed by atoms with Crippen LogP contribution in [0.3, 0.4) is 0 Å². The SMILES string of the molecule is O=C(Cn1cccc(C(F)(F)F)c1=O)Nc1ccccc1F. The highest BCUT2D eigenvalue weighted by Gasteiger charge is 2.34. The topological polar surface area (TPSA) is 51.1 Å². The second kappa shape index (κ2) is 6.00. The molecule has 1 N–H and O–H groups in total. The number of amides is 1. The molecule has 0 fully saturated rings. The summed E-state index contributed by atoms with van der Waals surface area (Å²) in [6.07, 6.45) is -3.75. The minimum absolute atomic E-state index is 0.118. The number of nitrogens with one attached hydrogen (secondary N) is 1. The number of aromatic nitrogens is 1. The number of nitrogens with zero attached hydrogens (tertiary/aromatic N) is 1. The third-order valence-corrected chi connectivity index (χ3v) is 2.79. The van der Waals surface area contributed by atoms with Crippen LogP contribution in [-0.4, -0.2) is 10.5 Å². The molecule has 0 atom stereocenters. The number of para-hydroxylation sites is 1. The van der Waals surface area contributed by atoms with Crippen LogP contribution >= 0.6 is 0 Å². The molecule has 1 heterocycles. The maximum Gasteiger partial charge on any atom is 0.421 e. The fraction of sp³-hybridized carbons (Fsp3) is 0.143. The third-order valence-electron chi connectivity index (χ3n) is 2.79. The predicted molar refractivity (Wildman–Crippen MR) is 70.7 cm³/mol. The Morgan fingerprint density at radius 3 is 2.45 bits per heavy atom. The van der Waals surface area contributed by atoms with Crippen LogP contribution in [0, 0.1) is 5.82 Å². The molecule has 1 aromatic carbocycles. The van der Waals surface area contributed by atoms with Crippen molar-refractivity contribution >= 4 is 11.6 Å². The summed E-state index contributed by atoms with van der Waals surface area (Å²) in [4.78, 5) is 23.4. The van der Waals surface area contributed by atoms with Gasteiger partial charge >= 0.3 is 6.18 Å². The molecule has 0 saturated carbocycles. The molecule has 4 nitrogen and oxygen atoms in total. The Morgan fingerprint density at radius 2 is 1.82 bits per heavy atom. The van der Waals surface area contributed by atoms with E-state index in [0.29, 0.717) is 10.6 Å². The lowest BCUT2D eigenvalue weighted by molar-refractivity contribution is -0.139. The standard InChI is InChI=1S/C14H10F4N2O2/c15-10-5-1-2-6-11(10)19-12(21)8-20-7-3-4-9(13(20)22)14(16,17)18/h1-7H,8H2,(H,19,21). The van der Waals surface area contributed by atoms with Crippen LogP contribution in [0.4, 0.5) is 23.2 Å². The van der Waals surface area contributed by atoms with Crippen LogP contribution in [0.5, 0.6) is 0 Å². The quantitative estimate of drug-likeness (QED) is 0.886. The molecule has 0 aliphatic carbocycles. The van der Waals surface area contributed by atoms with Crippen LogP contribution < -0.4 is 10.9 Å². The molecule has 2 rings (SSSR count). The first kappa shape index (κ1) is 15.7. The maximum atomic E-state index is 13.4. The largest absolute Gasteiger partial charge is 0.421 e. The molecule has 22 heavy (non-hydrogen) atoms. The lowest BCUT2D eigenvalue weighted by Crippen LogP contribution is -2.32. The van der Waals surface area contributed by atoms with Crippen LogP contribution in [0.15, 0.2) is 47.4 Å². The number of rotatable bonds is 3. The smallest absolute Gasteiger partial charge is 0.322 e. The highest BCUT2D eigenvalue weighted by molar-refractivity contribution is 5.90. The molecule has 1 amide bonds. The van der Waals surface area contributed by atoms with Crippen molar-refractivity contribution < 1.29 is 22.4 Å². The number of halogens is 4. The molecule has 0 unspecified atom stereocenters. The molecule has 0 radical (unpaired) electrons. The van der Waals surface area contributed by atoms with Crippen molar-refractivity contribution in [3.8, 4) is 0 Å². The first-order valence-corrected chi connectivity index (χ1v) is 6.10. The molecule has 0 bridgehead atoms. The van der Waals surface area contributed by atoms with Gasteiger partial charge in [0.05, 0.1) is 5.69 Å². The molecule has 1 aromatic heterocycles. The van der Waals surface area contributed by atoms with Crippen molar-refractivity contribution in [1.29, 1.82) is 0 Å². The van der Waals surface area contributed by atoms with Gasteiger partial charge in [0.2, 0.25) is 5.91 Å². The number of hydrogen-bond acceptors (Lipinski definition) is 2. The predicted octanol–water partition coefficient (Wildman–Crippen LogP) is 2.64. The molecule has 0 aliphatic heterocycles. The summed E-state index contributed by atoms with van der Waals surface area (Å²) >= 11 is 0. The summed E-state index contributed by atoms with van der Waals surface area (Å²) in [5.41, 5.74) is -2.82. The lowest BCUT2D eigenvalue weighted by atomic mass is 10.2. The monoisotopic (exact) mass is 314 g/mol. The number of carbonyl (C=O) groups excluding carboxylic acids is 1. The summed E-state index contributed by atoms with van der Waals surface area (Å²) in [6, 6.07) is 6.96. The van der Waals surface area contributed by atoms with Gasteiger partial charge in [0.15, 0.2) is 0 Å². The minimum atomic E-state index is -4.80. The fourth-order valence-corrected chi connectivity index (χ4v) is 1.78. The molecule has 0 saturated heterocycles. The van der Waals surface area contributed by atoms with Crippen molar-refractivity contribution in [2.24, 2.45) is 0 Å². The lowest BCUT2D eigenvalue weighted by Gasteiger charge is -2.11. The Morgan fingerprint density at radius 1 is 1.14 bits per heavy atom. The Balaban J connectivity index is 2.20. The zero-order valence-corrected chi connectivity index (χ0v) is 11.0. The number of anilines is 1. The van der Waals surface area contributed by atoms with E-state index in [2.05, 4.69) is 5.32 Å². The number of carbonyl (C=O) groups is 1. The van der Waals surface area contributed by atoms with Gasteiger partial charge in [-0.3, -0.25) is 9.59 Å². The zero-order valence-electron chi connectivity index (χ0n) is 11.0. The normalized spacial score (nSPS) is 11.3. The van der Waals surface area contributed by atoms with Crippen molar-refractivity contribution in [1.82, 2.24) is 4.57 Å². The first-order valence-electron chi connectivity index (χ1n) is 6.10. The van der Waals surface area contributed by atoms with Crippen molar-refractivity contribution in [3.05, 3.63) is 64.3 Å². The highest BCUT2D eigenvalue weighted by atomic mass is 19.4. The summed E-state index contributed by atoms with van der Waals surface area (Å²) in [5.74, 6) is -1.50. The first-order chi connectivity index (χ1) is 10.3. The molecular formula is C14H10F4N2O2. The van der Waals surface area contributed by atoms with Gasteiger partial charge in [-0.05, 0) is 24.3 Å². The molecule has 0 aliphatic rings. The fourth-order valence-electron chi connectivity index (χ4n) is 1.78. The number of pyridine rings is 1. The van der Waals surface area contributed by atoms with Crippen molar-refractivity contribution in [2.45, 2.75) is 12.7 Å². The third kappa shape index (κ3) is 3.51. The Hall–Kier alpha value is -2.64. The van der Waals surface area contributed by atoms with Gasteiger partial charge in [-0.25, -0.2) is 4.39 Å². The highest BCUT2D eigenvalue weighted by Crippen LogP contribution is 2.25. The second-order valence-electron chi connectivity index (χ2n) is 4.38. The number of alkyl halides is 3. The maximum absolute atomic E-state index is 13.4. The van der Waals surface area contributed by atoms with E-state index in [9.17, 15) is 27.2 Å². The summed E-state index contributed by atoms with van der Waals surface area (Å²) in [7, 11) is 0. The van der Waals surface area contributed by atoms with Crippen molar-refractivity contribution in [3.63, 3.8) is 0 Å². The zero-order chi connectivity index (χ0) is 16.3. The van der Waals surface area contributed by atoms with Crippen molar-refractivity contribution in [2.75, 3.05) is 5.32 Å². The van der Waals surface area contributed by atoms with Gasteiger partial charge in [0.25, 0.3) is 5.56 Å². The van der Waals surface area contributed by atoms with E-state index >= 15 is 0 Å². The van der Waals surface area contributed by atoms with Crippen LogP contribution in [-0.2, 0) is 17.5 Å². The Labute approximate surface area is 122 Å². The van der Waals surface area contributed by atoms with E-state index in [4.69, 9.17) is 0 Å². The van der Waals surface area contributed by atoms with Gasteiger partial charge in [0.1, 0.15) is 17.9 Å². The summed E-state index contributed by atoms with van der Waals surface area (Å²) in [6.45, 7) is -0.656. The van der Waals surface area contributed by atoms with Gasteiger partial charge in [0, 0.05) is 6.20 Å². The van der Waals surface area contributed by atoms with E-state index in [-0.39, 0.29) is 5.69 Å². The molecule has 2 aromatic rings. The Kier molecular flexibility index (Phi) is 4.30. The molecule has 0 spiro atoms. The van der Waals surface area contributed by atoms with Crippen LogP contribution in [0.1, 0.15) is 5.56 Å². The van der Waals surface area contributed by atoms with E-state index in [1.807, 2.05) is 0 Å². The number of benzene rings is 1. The molecular weight excluding hydrogens is 304 g/mol. The summed E-state index contributed by atoms with van der Waals surface area (Å²) < 4.78 is 51.8. The molecule has 8 heteroatoms. The number of hydrogen-bond donors (Lipinski definition) is 1. The van der Waals surface area contributed by atoms with Gasteiger partial charge in [-0.1, -0.05) is 12.1 Å². The van der Waals surface area contributed by atoms with Gasteiger partial charge in [-0.15, -0.1) is 0 Å². The average Bonchev–Trinajstić information content (AvgIpc) is 2.42. The van der Waals surface area contributed by atoms with Crippen LogP contribution in [0.25, 0.3) is 0 Å². The van der Waals surface area contributed by atoms with Gasteiger partial charge < -0.3 is 9.88 Å². The van der Waals surface area contributed by atoms with Gasteiger partial charge in [-0.2, -0.15) is 13.2 Å². The second-order valence-corrected chi connectivity index (χ2v) is 4.38. The van der Waals surface area contributed by atoms with E-state index in [0.717, 1.165) is 18.3 Å². The van der Waals surface area contributed by atoms with E-state index in [1.54, 1.807) is 0 Å². The summed E-state index contributed by atoms with van der Waals surface area (Å²) in [5, 5.41) is 2.19. The average molecular weight is 314 g/mol. The Bertz CT molecular complexity index is 753. The van der Waals surface area contributed by atoms with E-state index in [1.165, 1.54) is 18.2 Å². The van der Waals surface area contributed by atoms with E-state index < -0.39 is 35.6 Å². The minimum Gasteiger partial charge on any atom is -0.322 e.